The highest BCUT2D eigenvalue weighted by Crippen LogP contribution is 1.92. The first-order valence-electron chi connectivity index (χ1n) is 4.25. The molecule has 0 saturated heterocycles. The predicted octanol–water partition coefficient (Wildman–Crippen LogP) is 1.55. The highest BCUT2D eigenvalue weighted by atomic mass is 16.5. The van der Waals surface area contributed by atoms with E-state index in [0.29, 0.717) is 13.2 Å². The topological polar surface area (TPSA) is 59.3 Å². The van der Waals surface area contributed by atoms with Crippen LogP contribution in [0.2, 0.25) is 0 Å². The summed E-state index contributed by atoms with van der Waals surface area (Å²) < 4.78 is 9.64. The van der Waals surface area contributed by atoms with Crippen molar-refractivity contribution < 1.29 is 14.3 Å². The van der Waals surface area contributed by atoms with Gasteiger partial charge in [0.05, 0.1) is 12.9 Å². The number of hydrogen-bond acceptors (Lipinski definition) is 4. The Balaban J connectivity index is 3.58. The molecular weight excluding hydrogens is 182 g/mol. The van der Waals surface area contributed by atoms with Crippen LogP contribution in [0.5, 0.6) is 0 Å². The molecule has 0 radical (unpaired) electrons. The third kappa shape index (κ3) is 5.98. The summed E-state index contributed by atoms with van der Waals surface area (Å²) in [6, 6.07) is 1.59. The van der Waals surface area contributed by atoms with Crippen LogP contribution in [-0.2, 0) is 14.3 Å². The first kappa shape index (κ1) is 12.4. The van der Waals surface area contributed by atoms with Crippen molar-refractivity contribution in [2.24, 2.45) is 0 Å². The summed E-state index contributed by atoms with van der Waals surface area (Å²) >= 11 is 0. The molecule has 0 fully saturated rings. The minimum atomic E-state index is -0.737. The Morgan fingerprint density at radius 2 is 2.36 bits per heavy atom. The van der Waals surface area contributed by atoms with Gasteiger partial charge in [-0.25, -0.2) is 4.79 Å². The van der Waals surface area contributed by atoms with Crippen molar-refractivity contribution in [3.8, 4) is 6.07 Å². The van der Waals surface area contributed by atoms with E-state index in [2.05, 4.69) is 11.3 Å². The Bertz CT molecular complexity index is 263. The minimum absolute atomic E-state index is 0.218. The van der Waals surface area contributed by atoms with Gasteiger partial charge in [0, 0.05) is 6.61 Å². The maximum Gasteiger partial charge on any atom is 0.353 e. The van der Waals surface area contributed by atoms with Crippen LogP contribution in [0.4, 0.5) is 0 Å². The fraction of sp³-hybridized carbons (Fsp3) is 0.400. The fourth-order valence-electron chi connectivity index (χ4n) is 0.562. The summed E-state index contributed by atoms with van der Waals surface area (Å²) in [4.78, 5) is 10.8. The smallest absolute Gasteiger partial charge is 0.353 e. The molecule has 0 unspecified atom stereocenters. The Labute approximate surface area is 83.4 Å². The summed E-state index contributed by atoms with van der Waals surface area (Å²) in [7, 11) is 0. The van der Waals surface area contributed by atoms with Crippen LogP contribution in [0, 0.1) is 11.3 Å². The van der Waals surface area contributed by atoms with Gasteiger partial charge in [-0.2, -0.15) is 5.26 Å². The van der Waals surface area contributed by atoms with Crippen molar-refractivity contribution in [2.45, 2.75) is 13.3 Å². The third-order valence-corrected chi connectivity index (χ3v) is 1.22. The molecule has 0 N–H and O–H groups in total. The summed E-state index contributed by atoms with van der Waals surface area (Å²) in [5.74, 6) is -0.737. The Morgan fingerprint density at radius 3 is 2.93 bits per heavy atom. The molecule has 0 atom stereocenters. The zero-order chi connectivity index (χ0) is 10.8. The first-order valence-corrected chi connectivity index (χ1v) is 4.25. The van der Waals surface area contributed by atoms with Gasteiger partial charge >= 0.3 is 5.97 Å². The molecule has 0 saturated carbocycles. The van der Waals surface area contributed by atoms with Crippen LogP contribution in [0.15, 0.2) is 24.5 Å². The highest BCUT2D eigenvalue weighted by molar-refractivity contribution is 5.92. The quantitative estimate of drug-likeness (QED) is 0.212. The molecule has 0 rings (SSSR count). The lowest BCUT2D eigenvalue weighted by Gasteiger charge is -1.96. The molecule has 0 spiro atoms. The second-order valence-corrected chi connectivity index (χ2v) is 2.44. The van der Waals surface area contributed by atoms with Crippen LogP contribution in [0.1, 0.15) is 13.3 Å². The summed E-state index contributed by atoms with van der Waals surface area (Å²) in [6.07, 6.45) is 3.69. The Morgan fingerprint density at radius 1 is 1.64 bits per heavy atom. The number of carbonyl (C=O) groups excluding carboxylic acids is 1. The molecule has 0 bridgehead atoms. The van der Waals surface area contributed by atoms with Crippen LogP contribution < -0.4 is 0 Å². The lowest BCUT2D eigenvalue weighted by Crippen LogP contribution is -2.01. The van der Waals surface area contributed by atoms with Crippen LogP contribution in [0.25, 0.3) is 0 Å². The van der Waals surface area contributed by atoms with Gasteiger partial charge in [0.1, 0.15) is 11.6 Å². The van der Waals surface area contributed by atoms with Crippen molar-refractivity contribution in [1.29, 1.82) is 5.26 Å². The van der Waals surface area contributed by atoms with E-state index in [-0.39, 0.29) is 5.57 Å². The maximum atomic E-state index is 10.8. The molecule has 0 heterocycles. The van der Waals surface area contributed by atoms with Gasteiger partial charge < -0.3 is 9.47 Å². The van der Waals surface area contributed by atoms with E-state index in [1.807, 2.05) is 6.92 Å². The fourth-order valence-corrected chi connectivity index (χ4v) is 0.562. The Kier molecular flexibility index (Phi) is 7.10. The molecule has 14 heavy (non-hydrogen) atoms. The van der Waals surface area contributed by atoms with E-state index >= 15 is 0 Å². The number of nitrogens with zero attached hydrogens (tertiary/aromatic N) is 1. The first-order chi connectivity index (χ1) is 6.72. The van der Waals surface area contributed by atoms with Gasteiger partial charge in [-0.3, -0.25) is 0 Å². The number of hydrogen-bond donors (Lipinski definition) is 0. The molecule has 0 aliphatic carbocycles. The minimum Gasteiger partial charge on any atom is -0.431 e. The monoisotopic (exact) mass is 195 g/mol. The molecule has 0 aromatic rings. The normalized spacial score (nSPS) is 9.71. The zero-order valence-corrected chi connectivity index (χ0v) is 8.16. The SMILES string of the molecule is C=C(C#N)C(=O)OC=CCOCCC. The van der Waals surface area contributed by atoms with Crippen LogP contribution >= 0.6 is 0 Å². The van der Waals surface area contributed by atoms with Crippen LogP contribution in [-0.4, -0.2) is 19.2 Å². The van der Waals surface area contributed by atoms with Crippen molar-refractivity contribution in [1.82, 2.24) is 0 Å². The molecule has 0 aliphatic rings. The van der Waals surface area contributed by atoms with Gasteiger partial charge in [0.15, 0.2) is 0 Å². The number of ether oxygens (including phenoxy) is 2. The highest BCUT2D eigenvalue weighted by Gasteiger charge is 2.04. The standard InChI is InChI=1S/C10H13NO3/c1-3-5-13-6-4-7-14-10(12)9(2)8-11/h4,7H,2-3,5-6H2,1H3. The van der Waals surface area contributed by atoms with Crippen LogP contribution in [0.3, 0.4) is 0 Å². The average molecular weight is 195 g/mol. The van der Waals surface area contributed by atoms with Crippen molar-refractivity contribution in [3.63, 3.8) is 0 Å². The van der Waals surface area contributed by atoms with E-state index < -0.39 is 5.97 Å². The Hall–Kier alpha value is -1.60. The largest absolute Gasteiger partial charge is 0.431 e. The van der Waals surface area contributed by atoms with E-state index in [9.17, 15) is 4.79 Å². The van der Waals surface area contributed by atoms with E-state index in [0.717, 1.165) is 6.42 Å². The summed E-state index contributed by atoms with van der Waals surface area (Å²) in [6.45, 7) is 6.26. The van der Waals surface area contributed by atoms with E-state index in [1.165, 1.54) is 6.26 Å². The summed E-state index contributed by atoms with van der Waals surface area (Å²) in [5, 5.41) is 8.28. The van der Waals surface area contributed by atoms with Gasteiger partial charge in [-0.1, -0.05) is 13.5 Å². The molecule has 0 amide bonds. The maximum absolute atomic E-state index is 10.8. The van der Waals surface area contributed by atoms with Crippen molar-refractivity contribution in [2.75, 3.05) is 13.2 Å². The number of carbonyl (C=O) groups is 1. The average Bonchev–Trinajstić information content (AvgIpc) is 2.21. The van der Waals surface area contributed by atoms with Gasteiger partial charge in [0.25, 0.3) is 0 Å². The molecule has 4 heteroatoms. The number of esters is 1. The predicted molar refractivity (Wildman–Crippen MR) is 51.1 cm³/mol. The second kappa shape index (κ2) is 8.02. The molecule has 0 aliphatic heterocycles. The molecule has 4 nitrogen and oxygen atoms in total. The van der Waals surface area contributed by atoms with Crippen molar-refractivity contribution >= 4 is 5.97 Å². The van der Waals surface area contributed by atoms with E-state index in [1.54, 1.807) is 12.1 Å². The van der Waals surface area contributed by atoms with Gasteiger partial charge in [-0.15, -0.1) is 0 Å². The molecule has 76 valence electrons. The molecular formula is C10H13NO3. The van der Waals surface area contributed by atoms with Gasteiger partial charge in [-0.05, 0) is 12.5 Å². The lowest BCUT2D eigenvalue weighted by molar-refractivity contribution is -0.133. The number of rotatable bonds is 6. The zero-order valence-electron chi connectivity index (χ0n) is 8.16. The third-order valence-electron chi connectivity index (χ3n) is 1.22. The molecule has 0 aromatic heterocycles. The van der Waals surface area contributed by atoms with E-state index in [4.69, 9.17) is 10.00 Å². The molecule has 0 aromatic carbocycles. The second-order valence-electron chi connectivity index (χ2n) is 2.44. The van der Waals surface area contributed by atoms with Crippen molar-refractivity contribution in [3.05, 3.63) is 24.5 Å². The lowest BCUT2D eigenvalue weighted by atomic mass is 10.3. The van der Waals surface area contributed by atoms with Gasteiger partial charge in [0.2, 0.25) is 0 Å². The number of nitriles is 1. The summed E-state index contributed by atoms with van der Waals surface area (Å²) in [5.41, 5.74) is -0.218.